The summed E-state index contributed by atoms with van der Waals surface area (Å²) in [6.07, 6.45) is 10.4. The highest BCUT2D eigenvalue weighted by molar-refractivity contribution is 5.80. The molecule has 1 aliphatic heterocycles. The van der Waals surface area contributed by atoms with Crippen LogP contribution < -0.4 is 14.8 Å². The number of nitrogens with one attached hydrogen (secondary N) is 1. The molecule has 0 bridgehead atoms. The average Bonchev–Trinajstić information content (AvgIpc) is 3.58. The van der Waals surface area contributed by atoms with E-state index in [2.05, 4.69) is 28.1 Å². The smallest absolute Gasteiger partial charge is 0.249 e. The molecule has 1 aliphatic rings. The molecule has 1 saturated heterocycles. The first kappa shape index (κ1) is 26.7. The average molecular weight is 506 g/mol. The van der Waals surface area contributed by atoms with Gasteiger partial charge in [0, 0.05) is 26.1 Å². The summed E-state index contributed by atoms with van der Waals surface area (Å²) in [5.74, 6) is 2.65. The minimum Gasteiger partial charge on any atom is -0.493 e. The monoisotopic (exact) mass is 505 g/mol. The molecule has 7 heteroatoms. The first-order chi connectivity index (χ1) is 18.2. The number of amides is 1. The molecule has 1 amide bonds. The van der Waals surface area contributed by atoms with Crippen molar-refractivity contribution in [3.8, 4) is 11.5 Å². The van der Waals surface area contributed by atoms with Crippen molar-refractivity contribution in [3.05, 3.63) is 59.9 Å². The quantitative estimate of drug-likeness (QED) is 0.291. The molecule has 7 nitrogen and oxygen atoms in total. The summed E-state index contributed by atoms with van der Waals surface area (Å²) in [5.41, 5.74) is 3.28. The van der Waals surface area contributed by atoms with Gasteiger partial charge in [-0.05, 0) is 68.9 Å². The molecule has 37 heavy (non-hydrogen) atoms. The molecule has 198 valence electrons. The van der Waals surface area contributed by atoms with Gasteiger partial charge in [-0.1, -0.05) is 36.8 Å². The molecule has 1 atom stereocenters. The molecule has 3 aromatic rings. The largest absolute Gasteiger partial charge is 0.493 e. The van der Waals surface area contributed by atoms with Gasteiger partial charge in [-0.2, -0.15) is 0 Å². The highest BCUT2D eigenvalue weighted by atomic mass is 16.5. The van der Waals surface area contributed by atoms with Crippen molar-refractivity contribution in [2.24, 2.45) is 0 Å². The van der Waals surface area contributed by atoms with Gasteiger partial charge in [0.1, 0.15) is 11.9 Å². The van der Waals surface area contributed by atoms with Crippen LogP contribution in [0.2, 0.25) is 0 Å². The first-order valence-corrected chi connectivity index (χ1v) is 13.5. The van der Waals surface area contributed by atoms with E-state index in [1.165, 1.54) is 0 Å². The molecule has 1 unspecified atom stereocenters. The second kappa shape index (κ2) is 13.8. The van der Waals surface area contributed by atoms with E-state index < -0.39 is 0 Å². The Kier molecular flexibility index (Phi) is 10.0. The lowest BCUT2D eigenvalue weighted by atomic mass is 10.1. The van der Waals surface area contributed by atoms with E-state index in [-0.39, 0.29) is 12.0 Å². The van der Waals surface area contributed by atoms with E-state index in [1.807, 2.05) is 43.3 Å². The fraction of sp³-hybridized carbons (Fsp3) is 0.467. The van der Waals surface area contributed by atoms with Crippen molar-refractivity contribution >= 4 is 23.0 Å². The number of hydrogen-bond acceptors (Lipinski definition) is 5. The Hall–Kier alpha value is -3.32. The van der Waals surface area contributed by atoms with E-state index in [1.54, 1.807) is 7.11 Å². The van der Waals surface area contributed by atoms with Crippen LogP contribution in [0.25, 0.3) is 17.1 Å². The number of fused-ring (bicyclic) bond motifs is 1. The van der Waals surface area contributed by atoms with Gasteiger partial charge in [-0.15, -0.1) is 0 Å². The van der Waals surface area contributed by atoms with Crippen molar-refractivity contribution in [2.75, 3.05) is 26.9 Å². The van der Waals surface area contributed by atoms with Crippen molar-refractivity contribution in [2.45, 2.75) is 64.5 Å². The maximum Gasteiger partial charge on any atom is 0.249 e. The molecule has 0 saturated carbocycles. The van der Waals surface area contributed by atoms with Crippen LogP contribution in [0.3, 0.4) is 0 Å². The number of unbranched alkanes of at least 4 members (excludes halogenated alkanes) is 2. The molecule has 1 N–H and O–H groups in total. The molecule has 2 heterocycles. The van der Waals surface area contributed by atoms with Crippen LogP contribution in [0.5, 0.6) is 11.5 Å². The minimum atomic E-state index is -0.248. The number of methoxy groups -OCH3 is 1. The third-order valence-corrected chi connectivity index (χ3v) is 6.66. The van der Waals surface area contributed by atoms with Crippen LogP contribution in [0, 0.1) is 0 Å². The summed E-state index contributed by atoms with van der Waals surface area (Å²) >= 11 is 0. The summed E-state index contributed by atoms with van der Waals surface area (Å²) in [6, 6.07) is 14.3. The SMILES string of the molecule is C/C=C/c1ccc(OCCCn2c(CCCCCNC(=O)C3CCCO3)nc3ccccc32)c(OC)c1. The molecule has 0 aliphatic carbocycles. The predicted octanol–water partition coefficient (Wildman–Crippen LogP) is 5.56. The van der Waals surface area contributed by atoms with Gasteiger partial charge in [0.25, 0.3) is 0 Å². The third kappa shape index (κ3) is 7.35. The van der Waals surface area contributed by atoms with Gasteiger partial charge in [0.15, 0.2) is 11.5 Å². The molecule has 1 aromatic heterocycles. The number of hydrogen-bond donors (Lipinski definition) is 1. The Morgan fingerprint density at radius 3 is 2.86 bits per heavy atom. The molecule has 0 spiro atoms. The zero-order valence-corrected chi connectivity index (χ0v) is 22.1. The number of imidazole rings is 1. The molecular formula is C30H39N3O4. The Labute approximate surface area is 219 Å². The summed E-state index contributed by atoms with van der Waals surface area (Å²) in [7, 11) is 1.67. The number of rotatable bonds is 14. The van der Waals surface area contributed by atoms with E-state index in [0.29, 0.717) is 19.8 Å². The van der Waals surface area contributed by atoms with Crippen molar-refractivity contribution < 1.29 is 19.0 Å². The van der Waals surface area contributed by atoms with Crippen molar-refractivity contribution in [1.82, 2.24) is 14.9 Å². The number of para-hydroxylation sites is 2. The maximum atomic E-state index is 12.1. The summed E-state index contributed by atoms with van der Waals surface area (Å²) in [6.45, 7) is 4.83. The maximum absolute atomic E-state index is 12.1. The first-order valence-electron chi connectivity index (χ1n) is 13.5. The highest BCUT2D eigenvalue weighted by Gasteiger charge is 2.22. The van der Waals surface area contributed by atoms with Crippen LogP contribution in [-0.4, -0.2) is 48.4 Å². The molecule has 0 radical (unpaired) electrons. The molecule has 4 rings (SSSR count). The predicted molar refractivity (Wildman–Crippen MR) is 147 cm³/mol. The van der Waals surface area contributed by atoms with Crippen molar-refractivity contribution in [3.63, 3.8) is 0 Å². The van der Waals surface area contributed by atoms with E-state index >= 15 is 0 Å². The molecular weight excluding hydrogens is 466 g/mol. The zero-order valence-electron chi connectivity index (χ0n) is 22.1. The molecule has 2 aromatic carbocycles. The van der Waals surface area contributed by atoms with Crippen LogP contribution in [0.15, 0.2) is 48.5 Å². The molecule has 1 fully saturated rings. The fourth-order valence-electron chi connectivity index (χ4n) is 4.76. The number of benzene rings is 2. The Balaban J connectivity index is 1.26. The Bertz CT molecular complexity index is 1180. The standard InChI is InChI=1S/C30H39N3O4/c1-3-11-23-16-17-26(28(22-23)35-2)36-21-10-19-33-25-13-7-6-12-24(25)32-29(33)15-5-4-8-18-31-30(34)27-14-9-20-37-27/h3,6-7,11-13,16-17,22,27H,4-5,8-10,14-15,18-21H2,1-2H3,(H,31,34)/b11-3+. The number of nitrogens with zero attached hydrogens (tertiary/aromatic N) is 2. The lowest BCUT2D eigenvalue weighted by molar-refractivity contribution is -0.130. The summed E-state index contributed by atoms with van der Waals surface area (Å²) in [5, 5.41) is 3.01. The van der Waals surface area contributed by atoms with Gasteiger partial charge in [-0.3, -0.25) is 4.79 Å². The Morgan fingerprint density at radius 1 is 1.16 bits per heavy atom. The van der Waals surface area contributed by atoms with Crippen LogP contribution >= 0.6 is 0 Å². The number of allylic oxidation sites excluding steroid dienone is 1. The zero-order chi connectivity index (χ0) is 25.9. The van der Waals surface area contributed by atoms with Gasteiger partial charge < -0.3 is 24.1 Å². The van der Waals surface area contributed by atoms with Crippen LogP contribution in [0.4, 0.5) is 0 Å². The van der Waals surface area contributed by atoms with Crippen molar-refractivity contribution in [1.29, 1.82) is 0 Å². The number of carbonyl (C=O) groups excluding carboxylic acids is 1. The normalized spacial score (nSPS) is 15.5. The van der Waals surface area contributed by atoms with Gasteiger partial charge in [0.05, 0.1) is 24.8 Å². The van der Waals surface area contributed by atoms with E-state index in [0.717, 1.165) is 85.4 Å². The summed E-state index contributed by atoms with van der Waals surface area (Å²) < 4.78 is 19.4. The second-order valence-corrected chi connectivity index (χ2v) is 9.38. The van der Waals surface area contributed by atoms with Gasteiger partial charge >= 0.3 is 0 Å². The number of aryl methyl sites for hydroxylation is 2. The van der Waals surface area contributed by atoms with Crippen LogP contribution in [0.1, 0.15) is 56.8 Å². The number of carbonyl (C=O) groups is 1. The second-order valence-electron chi connectivity index (χ2n) is 9.38. The van der Waals surface area contributed by atoms with E-state index in [4.69, 9.17) is 19.2 Å². The number of ether oxygens (including phenoxy) is 3. The summed E-state index contributed by atoms with van der Waals surface area (Å²) in [4.78, 5) is 17.0. The van der Waals surface area contributed by atoms with Gasteiger partial charge in [0.2, 0.25) is 5.91 Å². The Morgan fingerprint density at radius 2 is 2.05 bits per heavy atom. The van der Waals surface area contributed by atoms with Gasteiger partial charge in [-0.25, -0.2) is 4.98 Å². The lowest BCUT2D eigenvalue weighted by Gasteiger charge is -2.13. The fourth-order valence-corrected chi connectivity index (χ4v) is 4.76. The lowest BCUT2D eigenvalue weighted by Crippen LogP contribution is -2.34. The van der Waals surface area contributed by atoms with E-state index in [9.17, 15) is 4.79 Å². The highest BCUT2D eigenvalue weighted by Crippen LogP contribution is 2.29. The number of aromatic nitrogens is 2. The minimum absolute atomic E-state index is 0.0351. The third-order valence-electron chi connectivity index (χ3n) is 6.66. The topological polar surface area (TPSA) is 74.6 Å². The van der Waals surface area contributed by atoms with Crippen LogP contribution in [-0.2, 0) is 22.5 Å².